The number of nitrogens with zero attached hydrogens (tertiary/aromatic N) is 5. The van der Waals surface area contributed by atoms with Crippen LogP contribution in [0.4, 0.5) is 11.6 Å². The number of benzene rings is 1. The molecule has 0 radical (unpaired) electrons. The molecule has 0 aliphatic carbocycles. The van der Waals surface area contributed by atoms with Gasteiger partial charge in [0.1, 0.15) is 11.6 Å². The number of aromatic nitrogens is 2. The highest BCUT2D eigenvalue weighted by atomic mass is 32.2. The third kappa shape index (κ3) is 4.86. The predicted molar refractivity (Wildman–Crippen MR) is 120 cm³/mol. The Bertz CT molecular complexity index is 882. The van der Waals surface area contributed by atoms with Gasteiger partial charge in [-0.25, -0.2) is 9.97 Å². The lowest BCUT2D eigenvalue weighted by Gasteiger charge is -2.27. The van der Waals surface area contributed by atoms with Crippen LogP contribution in [0.5, 0.6) is 0 Å². The summed E-state index contributed by atoms with van der Waals surface area (Å²) in [7, 11) is 0. The summed E-state index contributed by atoms with van der Waals surface area (Å²) in [6.07, 6.45) is 3.89. The minimum absolute atomic E-state index is 0.542. The summed E-state index contributed by atoms with van der Waals surface area (Å²) < 4.78 is 5.41. The van der Waals surface area contributed by atoms with E-state index in [0.29, 0.717) is 16.5 Å². The zero-order chi connectivity index (χ0) is 20.8. The molecule has 1 saturated heterocycles. The number of rotatable bonds is 6. The molecular formula is C22H28N6OS. The van der Waals surface area contributed by atoms with Crippen LogP contribution >= 0.6 is 11.8 Å². The average Bonchev–Trinajstić information content (AvgIpc) is 3.02. The van der Waals surface area contributed by atoms with E-state index in [0.717, 1.165) is 71.1 Å². The van der Waals surface area contributed by atoms with Crippen molar-refractivity contribution in [2.45, 2.75) is 18.0 Å². The molecule has 0 spiro atoms. The van der Waals surface area contributed by atoms with Gasteiger partial charge in [0.2, 0.25) is 0 Å². The number of fused-ring (bicyclic) bond motifs is 1. The second-order valence-corrected chi connectivity index (χ2v) is 8.28. The van der Waals surface area contributed by atoms with Crippen LogP contribution in [0.2, 0.25) is 0 Å². The summed E-state index contributed by atoms with van der Waals surface area (Å²) >= 11 is 1.51. The van der Waals surface area contributed by atoms with Crippen LogP contribution in [-0.2, 0) is 17.6 Å². The summed E-state index contributed by atoms with van der Waals surface area (Å²) in [4.78, 5) is 14.0. The van der Waals surface area contributed by atoms with E-state index in [1.54, 1.807) is 0 Å². The Morgan fingerprint density at radius 3 is 2.43 bits per heavy atom. The SMILES string of the molecule is CSc1nc(NCCN2CCOCC2)c(C#N)c(N2CCc3ccccc3CC2)n1. The van der Waals surface area contributed by atoms with Crippen molar-refractivity contribution in [3.63, 3.8) is 0 Å². The fourth-order valence-electron chi connectivity index (χ4n) is 4.02. The molecule has 2 aliphatic heterocycles. The third-order valence-electron chi connectivity index (χ3n) is 5.71. The summed E-state index contributed by atoms with van der Waals surface area (Å²) in [6, 6.07) is 11.0. The topological polar surface area (TPSA) is 77.3 Å². The van der Waals surface area contributed by atoms with Gasteiger partial charge in [-0.05, 0) is 30.2 Å². The number of hydrogen-bond donors (Lipinski definition) is 1. The van der Waals surface area contributed by atoms with Gasteiger partial charge < -0.3 is 15.0 Å². The van der Waals surface area contributed by atoms with E-state index in [1.807, 2.05) is 6.26 Å². The van der Waals surface area contributed by atoms with Gasteiger partial charge in [-0.15, -0.1) is 0 Å². The van der Waals surface area contributed by atoms with Crippen molar-refractivity contribution < 1.29 is 4.74 Å². The second-order valence-electron chi connectivity index (χ2n) is 7.51. The molecule has 4 rings (SSSR count). The van der Waals surface area contributed by atoms with Gasteiger partial charge in [-0.2, -0.15) is 5.26 Å². The Kier molecular flexibility index (Phi) is 7.05. The van der Waals surface area contributed by atoms with Crippen LogP contribution in [-0.4, -0.2) is 73.6 Å². The molecule has 2 aliphatic rings. The first-order valence-electron chi connectivity index (χ1n) is 10.5. The van der Waals surface area contributed by atoms with E-state index < -0.39 is 0 Å². The molecule has 8 heteroatoms. The van der Waals surface area contributed by atoms with Gasteiger partial charge in [0.15, 0.2) is 16.8 Å². The molecular weight excluding hydrogens is 396 g/mol. The van der Waals surface area contributed by atoms with Crippen LogP contribution in [0.1, 0.15) is 16.7 Å². The molecule has 1 aromatic carbocycles. The van der Waals surface area contributed by atoms with Crippen molar-refractivity contribution in [1.29, 1.82) is 5.26 Å². The monoisotopic (exact) mass is 424 g/mol. The molecule has 1 fully saturated rings. The Morgan fingerprint density at radius 1 is 1.10 bits per heavy atom. The van der Waals surface area contributed by atoms with Crippen LogP contribution < -0.4 is 10.2 Å². The largest absolute Gasteiger partial charge is 0.379 e. The predicted octanol–water partition coefficient (Wildman–Crippen LogP) is 2.42. The van der Waals surface area contributed by atoms with Crippen molar-refractivity contribution in [3.05, 3.63) is 41.0 Å². The summed E-state index contributed by atoms with van der Waals surface area (Å²) in [5.74, 6) is 1.39. The number of ether oxygens (including phenoxy) is 1. The number of nitriles is 1. The molecule has 0 saturated carbocycles. The Labute approximate surface area is 182 Å². The fourth-order valence-corrected chi connectivity index (χ4v) is 4.38. The molecule has 0 unspecified atom stereocenters. The van der Waals surface area contributed by atoms with Crippen LogP contribution in [0, 0.1) is 11.3 Å². The number of nitrogens with one attached hydrogen (secondary N) is 1. The molecule has 3 heterocycles. The zero-order valence-electron chi connectivity index (χ0n) is 17.4. The first-order chi connectivity index (χ1) is 14.8. The normalized spacial score (nSPS) is 17.1. The smallest absolute Gasteiger partial charge is 0.191 e. The molecule has 0 atom stereocenters. The molecule has 0 amide bonds. The van der Waals surface area contributed by atoms with E-state index in [-0.39, 0.29) is 0 Å². The zero-order valence-corrected chi connectivity index (χ0v) is 18.2. The average molecular weight is 425 g/mol. The van der Waals surface area contributed by atoms with E-state index in [1.165, 1.54) is 22.9 Å². The van der Waals surface area contributed by atoms with Gasteiger partial charge in [-0.1, -0.05) is 36.0 Å². The first-order valence-corrected chi connectivity index (χ1v) is 11.7. The molecule has 1 N–H and O–H groups in total. The van der Waals surface area contributed by atoms with Crippen molar-refractivity contribution in [3.8, 4) is 6.07 Å². The number of anilines is 2. The second kappa shape index (κ2) is 10.1. The van der Waals surface area contributed by atoms with E-state index >= 15 is 0 Å². The molecule has 2 aromatic rings. The Balaban J connectivity index is 1.52. The van der Waals surface area contributed by atoms with Crippen LogP contribution in [0.15, 0.2) is 29.4 Å². The van der Waals surface area contributed by atoms with Crippen LogP contribution in [0.3, 0.4) is 0 Å². The molecule has 1 aromatic heterocycles. The fraction of sp³-hybridized carbons (Fsp3) is 0.500. The quantitative estimate of drug-likeness (QED) is 0.560. The first kappa shape index (κ1) is 20.9. The van der Waals surface area contributed by atoms with Gasteiger partial charge in [0, 0.05) is 39.3 Å². The maximum Gasteiger partial charge on any atom is 0.191 e. The van der Waals surface area contributed by atoms with Crippen molar-refractivity contribution in [1.82, 2.24) is 14.9 Å². The summed E-state index contributed by atoms with van der Waals surface area (Å²) in [5, 5.41) is 14.1. The standard InChI is InChI=1S/C22H28N6OS/c1-30-22-25-20(24-8-11-27-12-14-29-15-13-27)19(16-23)21(26-22)28-9-6-17-4-2-3-5-18(17)7-10-28/h2-5H,6-15H2,1H3,(H,24,25,26). The summed E-state index contributed by atoms with van der Waals surface area (Å²) in [6.45, 7) is 6.82. The minimum atomic E-state index is 0.542. The Hall–Kier alpha value is -2.34. The van der Waals surface area contributed by atoms with Gasteiger partial charge in [0.05, 0.1) is 13.2 Å². The maximum atomic E-state index is 9.96. The summed E-state index contributed by atoms with van der Waals surface area (Å²) in [5.41, 5.74) is 3.32. The molecule has 30 heavy (non-hydrogen) atoms. The van der Waals surface area contributed by atoms with Crippen molar-refractivity contribution >= 4 is 23.4 Å². The number of hydrogen-bond acceptors (Lipinski definition) is 8. The maximum absolute atomic E-state index is 9.96. The lowest BCUT2D eigenvalue weighted by Crippen LogP contribution is -2.39. The van der Waals surface area contributed by atoms with Gasteiger partial charge in [-0.3, -0.25) is 4.90 Å². The lowest BCUT2D eigenvalue weighted by atomic mass is 10.0. The van der Waals surface area contributed by atoms with Crippen molar-refractivity contribution in [2.75, 3.05) is 69.0 Å². The van der Waals surface area contributed by atoms with Gasteiger partial charge in [0.25, 0.3) is 0 Å². The molecule has 158 valence electrons. The lowest BCUT2D eigenvalue weighted by molar-refractivity contribution is 0.0398. The Morgan fingerprint density at radius 2 is 1.80 bits per heavy atom. The highest BCUT2D eigenvalue weighted by molar-refractivity contribution is 7.98. The van der Waals surface area contributed by atoms with Gasteiger partial charge >= 0.3 is 0 Å². The highest BCUT2D eigenvalue weighted by Gasteiger charge is 2.22. The minimum Gasteiger partial charge on any atom is -0.379 e. The van der Waals surface area contributed by atoms with E-state index in [2.05, 4.69) is 50.4 Å². The van der Waals surface area contributed by atoms with E-state index in [9.17, 15) is 5.26 Å². The van der Waals surface area contributed by atoms with Crippen LogP contribution in [0.25, 0.3) is 0 Å². The number of thioether (sulfide) groups is 1. The van der Waals surface area contributed by atoms with Crippen molar-refractivity contribution in [2.24, 2.45) is 0 Å². The highest BCUT2D eigenvalue weighted by Crippen LogP contribution is 2.28. The number of morpholine rings is 1. The van der Waals surface area contributed by atoms with E-state index in [4.69, 9.17) is 9.72 Å². The molecule has 7 nitrogen and oxygen atoms in total. The third-order valence-corrected chi connectivity index (χ3v) is 6.26. The molecule has 0 bridgehead atoms.